The minimum absolute atomic E-state index is 0.775. The summed E-state index contributed by atoms with van der Waals surface area (Å²) in [6, 6.07) is 8.57. The van der Waals surface area contributed by atoms with Crippen LogP contribution in [0.25, 0.3) is 0 Å². The Morgan fingerprint density at radius 3 is 2.79 bits per heavy atom. The molecule has 3 rings (SSSR count). The van der Waals surface area contributed by atoms with Gasteiger partial charge in [0.1, 0.15) is 0 Å². The van der Waals surface area contributed by atoms with Gasteiger partial charge in [0.05, 0.1) is 0 Å². The first-order valence-electron chi connectivity index (χ1n) is 7.08. The van der Waals surface area contributed by atoms with E-state index < -0.39 is 11.2 Å². The Hall–Kier alpha value is -0.910. The lowest BCUT2D eigenvalue weighted by molar-refractivity contribution is 0.525. The third-order valence-corrected chi connectivity index (χ3v) is 5.18. The lowest BCUT2D eigenvalue weighted by Gasteiger charge is -2.20. The molecule has 0 aliphatic carbocycles. The maximum atomic E-state index is 12.0. The largest absolute Gasteiger partial charge is 0.370 e. The van der Waals surface area contributed by atoms with Crippen LogP contribution in [0.2, 0.25) is 0 Å². The molecule has 1 N–H and O–H groups in total. The van der Waals surface area contributed by atoms with Gasteiger partial charge >= 0.3 is 0 Å². The van der Waals surface area contributed by atoms with Crippen molar-refractivity contribution in [1.29, 1.82) is 0 Å². The van der Waals surface area contributed by atoms with Crippen LogP contribution in [0.4, 0.5) is 5.69 Å². The number of benzene rings is 1. The van der Waals surface area contributed by atoms with Gasteiger partial charge in [-0.25, -0.2) is 13.2 Å². The maximum absolute atomic E-state index is 12.0. The van der Waals surface area contributed by atoms with Gasteiger partial charge in [-0.15, -0.1) is 0 Å². The van der Waals surface area contributed by atoms with E-state index >= 15 is 0 Å². The molecular weight excluding hydrogens is 258 g/mol. The molecule has 0 aromatic heterocycles. The second-order valence-electron chi connectivity index (χ2n) is 5.15. The molecule has 1 unspecified atom stereocenters. The summed E-state index contributed by atoms with van der Waals surface area (Å²) in [7, 11) is 0. The van der Waals surface area contributed by atoms with Crippen LogP contribution in [-0.4, -0.2) is 41.2 Å². The van der Waals surface area contributed by atoms with Crippen LogP contribution in [0.1, 0.15) is 18.4 Å². The van der Waals surface area contributed by atoms with Crippen molar-refractivity contribution in [3.8, 4) is 0 Å². The molecule has 2 aliphatic rings. The van der Waals surface area contributed by atoms with Crippen LogP contribution in [0.5, 0.6) is 0 Å². The van der Waals surface area contributed by atoms with E-state index in [0.717, 1.165) is 39.1 Å². The first-order chi connectivity index (χ1) is 9.34. The molecule has 19 heavy (non-hydrogen) atoms. The quantitative estimate of drug-likeness (QED) is 0.882. The fourth-order valence-electron chi connectivity index (χ4n) is 2.85. The molecule has 104 valence electrons. The number of para-hydroxylation sites is 1. The average Bonchev–Trinajstić information content (AvgIpc) is 3.08. The van der Waals surface area contributed by atoms with Crippen LogP contribution in [-0.2, 0) is 17.6 Å². The van der Waals surface area contributed by atoms with Crippen molar-refractivity contribution >= 4 is 16.9 Å². The number of nitrogens with zero attached hydrogens (tertiary/aromatic N) is 2. The zero-order chi connectivity index (χ0) is 13.1. The van der Waals surface area contributed by atoms with Gasteiger partial charge in [-0.3, -0.25) is 0 Å². The molecule has 0 spiro atoms. The zero-order valence-electron chi connectivity index (χ0n) is 11.2. The Morgan fingerprint density at radius 2 is 1.95 bits per heavy atom. The normalized spacial score (nSPS) is 20.7. The number of nitrogens with one attached hydrogen (secondary N) is 1. The molecule has 1 aromatic carbocycles. The smallest absolute Gasteiger partial charge is 0.169 e. The molecular formula is C14H21N3OS. The summed E-state index contributed by atoms with van der Waals surface area (Å²) in [5, 5.41) is 0. The number of anilines is 1. The van der Waals surface area contributed by atoms with Crippen LogP contribution in [0, 0.1) is 0 Å². The summed E-state index contributed by atoms with van der Waals surface area (Å²) >= 11 is -0.996. The van der Waals surface area contributed by atoms with E-state index in [1.54, 1.807) is 0 Å². The molecule has 1 saturated heterocycles. The summed E-state index contributed by atoms with van der Waals surface area (Å²) in [5.41, 5.74) is 2.78. The number of hydrogen-bond acceptors (Lipinski definition) is 2. The minimum Gasteiger partial charge on any atom is -0.370 e. The molecule has 1 fully saturated rings. The molecule has 1 atom stereocenters. The second kappa shape index (κ2) is 6.03. The lowest BCUT2D eigenvalue weighted by atomic mass is 10.2. The molecule has 0 amide bonds. The van der Waals surface area contributed by atoms with Gasteiger partial charge in [0.25, 0.3) is 0 Å². The highest BCUT2D eigenvalue weighted by molar-refractivity contribution is 7.80. The van der Waals surface area contributed by atoms with Crippen molar-refractivity contribution in [2.24, 2.45) is 0 Å². The van der Waals surface area contributed by atoms with Gasteiger partial charge < -0.3 is 4.90 Å². The minimum atomic E-state index is -0.996. The first-order valence-corrected chi connectivity index (χ1v) is 8.18. The summed E-state index contributed by atoms with van der Waals surface area (Å²) in [6.07, 6.45) is 3.48. The van der Waals surface area contributed by atoms with Crippen LogP contribution >= 0.6 is 0 Å². The SMILES string of the molecule is O=S(NCCN1CCc2ccccc21)N1CCCC1. The fraction of sp³-hybridized carbons (Fsp3) is 0.571. The number of rotatable bonds is 5. The Balaban J connectivity index is 1.47. The second-order valence-corrected chi connectivity index (χ2v) is 6.45. The molecule has 0 radical (unpaired) electrons. The molecule has 1 aromatic rings. The molecule has 5 heteroatoms. The summed E-state index contributed by atoms with van der Waals surface area (Å²) in [6.45, 7) is 4.71. The van der Waals surface area contributed by atoms with Crippen molar-refractivity contribution in [3.05, 3.63) is 29.8 Å². The standard InChI is InChI=1S/C14H21N3OS/c18-19(17-9-3-4-10-17)15-8-12-16-11-7-13-5-1-2-6-14(13)16/h1-2,5-6,15H,3-4,7-12H2. The molecule has 2 aliphatic heterocycles. The van der Waals surface area contributed by atoms with Crippen LogP contribution in [0.3, 0.4) is 0 Å². The Bertz CT molecular complexity index is 460. The van der Waals surface area contributed by atoms with Gasteiger partial charge in [-0.1, -0.05) is 18.2 Å². The monoisotopic (exact) mass is 279 g/mol. The fourth-order valence-corrected chi connectivity index (χ4v) is 3.89. The third-order valence-electron chi connectivity index (χ3n) is 3.89. The summed E-state index contributed by atoms with van der Waals surface area (Å²) < 4.78 is 17.1. The van der Waals surface area contributed by atoms with E-state index in [2.05, 4.69) is 33.9 Å². The topological polar surface area (TPSA) is 35.6 Å². The maximum Gasteiger partial charge on any atom is 0.169 e. The van der Waals surface area contributed by atoms with E-state index in [1.807, 2.05) is 4.31 Å². The molecule has 2 heterocycles. The highest BCUT2D eigenvalue weighted by atomic mass is 32.2. The molecule has 0 saturated carbocycles. The summed E-state index contributed by atoms with van der Waals surface area (Å²) in [5.74, 6) is 0. The van der Waals surface area contributed by atoms with E-state index in [1.165, 1.54) is 24.1 Å². The van der Waals surface area contributed by atoms with Gasteiger partial charge in [-0.2, -0.15) is 0 Å². The molecule has 0 bridgehead atoms. The molecule has 4 nitrogen and oxygen atoms in total. The van der Waals surface area contributed by atoms with Crippen molar-refractivity contribution in [3.63, 3.8) is 0 Å². The summed E-state index contributed by atoms with van der Waals surface area (Å²) in [4.78, 5) is 2.38. The Morgan fingerprint density at radius 1 is 1.16 bits per heavy atom. The third kappa shape index (κ3) is 2.99. The predicted molar refractivity (Wildman–Crippen MR) is 79.3 cm³/mol. The van der Waals surface area contributed by atoms with E-state index in [0.29, 0.717) is 0 Å². The van der Waals surface area contributed by atoms with E-state index in [9.17, 15) is 4.21 Å². The number of fused-ring (bicyclic) bond motifs is 1. The van der Waals surface area contributed by atoms with Crippen molar-refractivity contribution in [1.82, 2.24) is 9.03 Å². The predicted octanol–water partition coefficient (Wildman–Crippen LogP) is 1.31. The van der Waals surface area contributed by atoms with Crippen molar-refractivity contribution in [2.75, 3.05) is 37.6 Å². The van der Waals surface area contributed by atoms with Crippen LogP contribution < -0.4 is 9.62 Å². The number of hydrogen-bond donors (Lipinski definition) is 1. The van der Waals surface area contributed by atoms with Gasteiger partial charge in [0.2, 0.25) is 0 Å². The van der Waals surface area contributed by atoms with Crippen LogP contribution in [0.15, 0.2) is 24.3 Å². The Labute approximate surface area is 117 Å². The average molecular weight is 279 g/mol. The van der Waals surface area contributed by atoms with E-state index in [4.69, 9.17) is 0 Å². The van der Waals surface area contributed by atoms with Crippen molar-refractivity contribution in [2.45, 2.75) is 19.3 Å². The zero-order valence-corrected chi connectivity index (χ0v) is 12.0. The lowest BCUT2D eigenvalue weighted by Crippen LogP contribution is -2.37. The highest BCUT2D eigenvalue weighted by Gasteiger charge is 2.20. The van der Waals surface area contributed by atoms with E-state index in [-0.39, 0.29) is 0 Å². The van der Waals surface area contributed by atoms with Gasteiger partial charge in [0.15, 0.2) is 11.2 Å². The Kier molecular flexibility index (Phi) is 4.15. The van der Waals surface area contributed by atoms with Crippen molar-refractivity contribution < 1.29 is 4.21 Å². The highest BCUT2D eigenvalue weighted by Crippen LogP contribution is 2.26. The van der Waals surface area contributed by atoms with Gasteiger partial charge in [0, 0.05) is 38.4 Å². The van der Waals surface area contributed by atoms with Gasteiger partial charge in [-0.05, 0) is 30.9 Å². The first kappa shape index (κ1) is 13.1.